The van der Waals surface area contributed by atoms with Crippen LogP contribution < -0.4 is 10.1 Å². The van der Waals surface area contributed by atoms with E-state index in [9.17, 15) is 18.8 Å². The predicted molar refractivity (Wildman–Crippen MR) is 100 cm³/mol. The fraction of sp³-hybridized carbons (Fsp3) is 0.250. The number of carbonyl (C=O) groups excluding carboxylic acids is 3. The Morgan fingerprint density at radius 1 is 1.25 bits per heavy atom. The summed E-state index contributed by atoms with van der Waals surface area (Å²) in [5, 5.41) is 2.95. The Morgan fingerprint density at radius 2 is 2.04 bits per heavy atom. The molecule has 3 rings (SSSR count). The van der Waals surface area contributed by atoms with Gasteiger partial charge in [-0.2, -0.15) is 0 Å². The first-order valence-electron chi connectivity index (χ1n) is 8.51. The topological polar surface area (TPSA) is 81.7 Å². The number of hydrogen-bond donors (Lipinski definition) is 1. The first-order valence-corrected chi connectivity index (χ1v) is 8.89. The lowest BCUT2D eigenvalue weighted by Crippen LogP contribution is -2.31. The molecule has 1 atom stereocenters. The van der Waals surface area contributed by atoms with Crippen molar-refractivity contribution in [1.82, 2.24) is 0 Å². The molecule has 1 aliphatic rings. The summed E-state index contributed by atoms with van der Waals surface area (Å²) in [6.07, 6.45) is 0.378. The molecule has 0 fully saturated rings. The number of amides is 1. The zero-order chi connectivity index (χ0) is 20.3. The average Bonchev–Trinajstić information content (AvgIpc) is 2.64. The van der Waals surface area contributed by atoms with Crippen molar-refractivity contribution in [2.75, 3.05) is 18.5 Å². The number of ketones is 1. The summed E-state index contributed by atoms with van der Waals surface area (Å²) in [5.74, 6) is -2.37. The predicted octanol–water partition coefficient (Wildman–Crippen LogP) is 3.41. The third kappa shape index (κ3) is 4.67. The molecule has 0 saturated carbocycles. The van der Waals surface area contributed by atoms with Gasteiger partial charge < -0.3 is 14.8 Å². The van der Waals surface area contributed by atoms with E-state index >= 15 is 0 Å². The molecule has 2 aromatic carbocycles. The van der Waals surface area contributed by atoms with E-state index in [1.807, 2.05) is 0 Å². The van der Waals surface area contributed by atoms with Gasteiger partial charge in [0.25, 0.3) is 0 Å². The molecule has 1 amide bonds. The molecule has 0 radical (unpaired) electrons. The van der Waals surface area contributed by atoms with Gasteiger partial charge in [-0.05, 0) is 48.4 Å². The summed E-state index contributed by atoms with van der Waals surface area (Å²) in [7, 11) is 0. The molecule has 146 valence electrons. The number of hydrogen-bond acceptors (Lipinski definition) is 5. The SMILES string of the molecule is CC(=O)Nc1ccc(C(=O)COC(=O)[C@@H]2COc3ccc(Cl)cc3C2)c(F)c1. The van der Waals surface area contributed by atoms with Gasteiger partial charge in [0.1, 0.15) is 18.2 Å². The number of nitrogens with one attached hydrogen (secondary N) is 1. The first kappa shape index (κ1) is 19.8. The Labute approximate surface area is 165 Å². The highest BCUT2D eigenvalue weighted by molar-refractivity contribution is 6.30. The molecule has 0 unspecified atom stereocenters. The Hall–Kier alpha value is -2.93. The number of Topliss-reactive ketones (excluding diaryl/α,β-unsaturated/α-hetero) is 1. The maximum atomic E-state index is 14.1. The summed E-state index contributed by atoms with van der Waals surface area (Å²) in [4.78, 5) is 35.4. The smallest absolute Gasteiger partial charge is 0.313 e. The maximum Gasteiger partial charge on any atom is 0.313 e. The van der Waals surface area contributed by atoms with E-state index in [0.717, 1.165) is 11.6 Å². The number of halogens is 2. The molecule has 0 bridgehead atoms. The highest BCUT2D eigenvalue weighted by Crippen LogP contribution is 2.30. The zero-order valence-electron chi connectivity index (χ0n) is 15.0. The molecule has 2 aromatic rings. The van der Waals surface area contributed by atoms with Crippen LogP contribution >= 0.6 is 11.6 Å². The van der Waals surface area contributed by atoms with Gasteiger partial charge in [0, 0.05) is 17.6 Å². The van der Waals surface area contributed by atoms with Crippen molar-refractivity contribution in [3.05, 3.63) is 58.4 Å². The molecule has 0 saturated heterocycles. The Balaban J connectivity index is 1.59. The van der Waals surface area contributed by atoms with Crippen LogP contribution in [0.3, 0.4) is 0 Å². The average molecular weight is 406 g/mol. The summed E-state index contributed by atoms with van der Waals surface area (Å²) in [6.45, 7) is 0.827. The van der Waals surface area contributed by atoms with Crippen LogP contribution in [0.15, 0.2) is 36.4 Å². The molecule has 1 N–H and O–H groups in total. The summed E-state index contributed by atoms with van der Waals surface area (Å²) in [6, 6.07) is 8.81. The number of anilines is 1. The van der Waals surface area contributed by atoms with Crippen molar-refractivity contribution in [3.63, 3.8) is 0 Å². The van der Waals surface area contributed by atoms with Crippen molar-refractivity contribution >= 4 is 34.9 Å². The first-order chi connectivity index (χ1) is 13.3. The van der Waals surface area contributed by atoms with Gasteiger partial charge in [-0.3, -0.25) is 14.4 Å². The second kappa shape index (κ2) is 8.39. The van der Waals surface area contributed by atoms with Crippen LogP contribution in [0.2, 0.25) is 5.02 Å². The van der Waals surface area contributed by atoms with Crippen LogP contribution in [0.4, 0.5) is 10.1 Å². The third-order valence-electron chi connectivity index (χ3n) is 4.20. The summed E-state index contributed by atoms with van der Waals surface area (Å²) in [5.41, 5.74) is 0.792. The van der Waals surface area contributed by atoms with E-state index in [4.69, 9.17) is 21.1 Å². The number of carbonyl (C=O) groups is 3. The van der Waals surface area contributed by atoms with Crippen LogP contribution in [0.5, 0.6) is 5.75 Å². The molecular formula is C20H17ClFNO5. The van der Waals surface area contributed by atoms with Gasteiger partial charge >= 0.3 is 5.97 Å². The number of benzene rings is 2. The summed E-state index contributed by atoms with van der Waals surface area (Å²) >= 11 is 5.95. The number of fused-ring (bicyclic) bond motifs is 1. The van der Waals surface area contributed by atoms with Crippen molar-refractivity contribution in [1.29, 1.82) is 0 Å². The van der Waals surface area contributed by atoms with E-state index in [1.165, 1.54) is 19.1 Å². The van der Waals surface area contributed by atoms with Crippen LogP contribution in [-0.4, -0.2) is 30.9 Å². The normalized spacial score (nSPS) is 15.2. The molecule has 0 aromatic heterocycles. The minimum Gasteiger partial charge on any atom is -0.492 e. The van der Waals surface area contributed by atoms with Gasteiger partial charge in [0.05, 0.1) is 11.5 Å². The molecule has 8 heteroatoms. The molecule has 6 nitrogen and oxygen atoms in total. The van der Waals surface area contributed by atoms with Gasteiger partial charge in [-0.25, -0.2) is 4.39 Å². The zero-order valence-corrected chi connectivity index (χ0v) is 15.7. The minimum absolute atomic E-state index is 0.126. The van der Waals surface area contributed by atoms with Crippen LogP contribution in [0, 0.1) is 11.7 Å². The quantitative estimate of drug-likeness (QED) is 0.609. The van der Waals surface area contributed by atoms with Gasteiger partial charge in [-0.15, -0.1) is 0 Å². The minimum atomic E-state index is -0.808. The molecule has 0 spiro atoms. The lowest BCUT2D eigenvalue weighted by Gasteiger charge is -2.24. The highest BCUT2D eigenvalue weighted by Gasteiger charge is 2.28. The largest absolute Gasteiger partial charge is 0.492 e. The van der Waals surface area contributed by atoms with E-state index in [-0.39, 0.29) is 23.8 Å². The molecule has 1 heterocycles. The molecule has 28 heavy (non-hydrogen) atoms. The second-order valence-corrected chi connectivity index (χ2v) is 6.81. The Morgan fingerprint density at radius 3 is 2.75 bits per heavy atom. The second-order valence-electron chi connectivity index (χ2n) is 6.37. The fourth-order valence-corrected chi connectivity index (χ4v) is 3.06. The van der Waals surface area contributed by atoms with Gasteiger partial charge in [-0.1, -0.05) is 11.6 Å². The number of ether oxygens (including phenoxy) is 2. The van der Waals surface area contributed by atoms with Crippen molar-refractivity contribution in [2.24, 2.45) is 5.92 Å². The van der Waals surface area contributed by atoms with Crippen molar-refractivity contribution < 1.29 is 28.2 Å². The summed E-state index contributed by atoms with van der Waals surface area (Å²) < 4.78 is 24.7. The van der Waals surface area contributed by atoms with Crippen molar-refractivity contribution in [3.8, 4) is 5.75 Å². The lowest BCUT2D eigenvalue weighted by molar-refractivity contribution is -0.148. The Bertz CT molecular complexity index is 946. The van der Waals surface area contributed by atoms with Gasteiger partial charge in [0.2, 0.25) is 11.7 Å². The standard InChI is InChI=1S/C20H17ClFNO5/c1-11(24)23-15-3-4-16(17(22)8-15)18(25)10-28-20(26)13-6-12-7-14(21)2-5-19(12)27-9-13/h2-5,7-8,13H,6,9-10H2,1H3,(H,23,24)/t13-/m0/s1. The monoisotopic (exact) mass is 405 g/mol. The van der Waals surface area contributed by atoms with Crippen LogP contribution in [0.1, 0.15) is 22.8 Å². The van der Waals surface area contributed by atoms with Crippen LogP contribution in [0.25, 0.3) is 0 Å². The molecule has 0 aliphatic carbocycles. The molecular weight excluding hydrogens is 389 g/mol. The van der Waals surface area contributed by atoms with Crippen LogP contribution in [-0.2, 0) is 20.7 Å². The molecule has 1 aliphatic heterocycles. The van der Waals surface area contributed by atoms with E-state index in [1.54, 1.807) is 18.2 Å². The number of rotatable bonds is 5. The van der Waals surface area contributed by atoms with Gasteiger partial charge in [0.15, 0.2) is 6.61 Å². The lowest BCUT2D eigenvalue weighted by atomic mass is 9.97. The van der Waals surface area contributed by atoms with E-state index in [0.29, 0.717) is 17.2 Å². The number of esters is 1. The highest BCUT2D eigenvalue weighted by atomic mass is 35.5. The van der Waals surface area contributed by atoms with Crippen molar-refractivity contribution in [2.45, 2.75) is 13.3 Å². The fourth-order valence-electron chi connectivity index (χ4n) is 2.87. The maximum absolute atomic E-state index is 14.1. The van der Waals surface area contributed by atoms with E-state index < -0.39 is 30.1 Å². The van der Waals surface area contributed by atoms with E-state index in [2.05, 4.69) is 5.32 Å². The third-order valence-corrected chi connectivity index (χ3v) is 4.43. The Kier molecular flexibility index (Phi) is 5.94.